The zero-order valence-corrected chi connectivity index (χ0v) is 13.1. The summed E-state index contributed by atoms with van der Waals surface area (Å²) in [5.41, 5.74) is 2.36. The topological polar surface area (TPSA) is 40.6 Å². The van der Waals surface area contributed by atoms with Crippen LogP contribution in [0.25, 0.3) is 0 Å². The van der Waals surface area contributed by atoms with E-state index in [4.69, 9.17) is 4.74 Å². The standard InChI is InChI=1S/C16H18N4OS/c1-2-15-14(17-3-9-21-15)11-13(1)12-19-5-7-20(8-6-19)16-18-4-10-22-16/h1-4,9-11,17H,5-8,12H2. The highest BCUT2D eigenvalue weighted by Gasteiger charge is 2.19. The minimum atomic E-state index is 0.889. The molecule has 2 aliphatic rings. The quantitative estimate of drug-likeness (QED) is 0.943. The number of nitrogens with one attached hydrogen (secondary N) is 1. The smallest absolute Gasteiger partial charge is 0.185 e. The molecule has 114 valence electrons. The van der Waals surface area contributed by atoms with Gasteiger partial charge in [-0.05, 0) is 17.7 Å². The molecule has 1 aromatic carbocycles. The van der Waals surface area contributed by atoms with E-state index in [0.717, 1.165) is 49.3 Å². The van der Waals surface area contributed by atoms with E-state index >= 15 is 0 Å². The van der Waals surface area contributed by atoms with Crippen molar-refractivity contribution in [3.05, 3.63) is 47.8 Å². The van der Waals surface area contributed by atoms with Crippen LogP contribution in [0, 0.1) is 0 Å². The van der Waals surface area contributed by atoms with E-state index in [-0.39, 0.29) is 0 Å². The number of anilines is 2. The Kier molecular flexibility index (Phi) is 3.70. The number of nitrogens with zero attached hydrogens (tertiary/aromatic N) is 3. The fourth-order valence-electron chi connectivity index (χ4n) is 2.85. The van der Waals surface area contributed by atoms with Crippen molar-refractivity contribution in [2.24, 2.45) is 0 Å². The van der Waals surface area contributed by atoms with Gasteiger partial charge in [0.15, 0.2) is 5.13 Å². The minimum Gasteiger partial charge on any atom is -0.461 e. The van der Waals surface area contributed by atoms with Gasteiger partial charge < -0.3 is 15.0 Å². The molecule has 22 heavy (non-hydrogen) atoms. The number of fused-ring (bicyclic) bond motifs is 1. The largest absolute Gasteiger partial charge is 0.461 e. The first-order valence-corrected chi connectivity index (χ1v) is 8.34. The molecule has 2 aromatic rings. The zero-order chi connectivity index (χ0) is 14.8. The molecule has 2 aliphatic heterocycles. The van der Waals surface area contributed by atoms with Gasteiger partial charge in [-0.15, -0.1) is 11.3 Å². The van der Waals surface area contributed by atoms with E-state index < -0.39 is 0 Å². The summed E-state index contributed by atoms with van der Waals surface area (Å²) in [6, 6.07) is 6.35. The summed E-state index contributed by atoms with van der Waals surface area (Å²) in [6.07, 6.45) is 5.36. The predicted octanol–water partition coefficient (Wildman–Crippen LogP) is 2.74. The molecule has 0 aliphatic carbocycles. The summed E-state index contributed by atoms with van der Waals surface area (Å²) in [7, 11) is 0. The number of aromatic nitrogens is 1. The Morgan fingerprint density at radius 2 is 2.14 bits per heavy atom. The van der Waals surface area contributed by atoms with E-state index in [9.17, 15) is 0 Å². The Hall–Kier alpha value is -2.05. The van der Waals surface area contributed by atoms with Crippen molar-refractivity contribution in [2.75, 3.05) is 36.4 Å². The van der Waals surface area contributed by atoms with Crippen molar-refractivity contribution in [2.45, 2.75) is 6.54 Å². The number of ether oxygens (including phenoxy) is 1. The first-order valence-electron chi connectivity index (χ1n) is 7.46. The van der Waals surface area contributed by atoms with Crippen molar-refractivity contribution in [1.29, 1.82) is 0 Å². The number of hydrogen-bond acceptors (Lipinski definition) is 6. The lowest BCUT2D eigenvalue weighted by Gasteiger charge is -2.34. The SMILES string of the molecule is C1=COc2ccc(CN3CCN(c4nccs4)CC3)cc2N1. The van der Waals surface area contributed by atoms with Crippen molar-refractivity contribution < 1.29 is 4.74 Å². The number of benzene rings is 1. The van der Waals surface area contributed by atoms with E-state index in [0.29, 0.717) is 0 Å². The summed E-state index contributed by atoms with van der Waals surface area (Å²) in [4.78, 5) is 9.26. The molecule has 0 unspecified atom stereocenters. The van der Waals surface area contributed by atoms with Crippen LogP contribution in [0.3, 0.4) is 0 Å². The molecule has 0 radical (unpaired) electrons. The van der Waals surface area contributed by atoms with Crippen LogP contribution < -0.4 is 15.0 Å². The molecule has 6 heteroatoms. The molecule has 0 saturated carbocycles. The highest BCUT2D eigenvalue weighted by atomic mass is 32.1. The normalized spacial score (nSPS) is 17.7. The maximum atomic E-state index is 5.45. The lowest BCUT2D eigenvalue weighted by atomic mass is 10.1. The first-order chi connectivity index (χ1) is 10.9. The molecule has 1 aromatic heterocycles. The number of hydrogen-bond donors (Lipinski definition) is 1. The Bertz CT molecular complexity index is 663. The van der Waals surface area contributed by atoms with Gasteiger partial charge in [0.25, 0.3) is 0 Å². The molecule has 4 rings (SSSR count). The van der Waals surface area contributed by atoms with E-state index in [1.165, 1.54) is 5.56 Å². The second-order valence-corrected chi connectivity index (χ2v) is 6.35. The van der Waals surface area contributed by atoms with Crippen molar-refractivity contribution >= 4 is 22.2 Å². The van der Waals surface area contributed by atoms with Crippen LogP contribution in [0.1, 0.15) is 5.56 Å². The average Bonchev–Trinajstić information content (AvgIpc) is 3.10. The summed E-state index contributed by atoms with van der Waals surface area (Å²) in [5, 5.41) is 6.41. The Labute approximate surface area is 133 Å². The van der Waals surface area contributed by atoms with Crippen LogP contribution in [0.5, 0.6) is 5.75 Å². The number of rotatable bonds is 3. The molecule has 1 saturated heterocycles. The van der Waals surface area contributed by atoms with Crippen molar-refractivity contribution in [3.8, 4) is 5.75 Å². The summed E-state index contributed by atoms with van der Waals surface area (Å²) in [5.74, 6) is 0.889. The van der Waals surface area contributed by atoms with Gasteiger partial charge in [0.2, 0.25) is 0 Å². The molecule has 3 heterocycles. The van der Waals surface area contributed by atoms with Gasteiger partial charge in [-0.1, -0.05) is 6.07 Å². The summed E-state index contributed by atoms with van der Waals surface area (Å²) < 4.78 is 5.45. The van der Waals surface area contributed by atoms with Gasteiger partial charge in [0.05, 0.1) is 5.69 Å². The Morgan fingerprint density at radius 1 is 1.23 bits per heavy atom. The fourth-order valence-corrected chi connectivity index (χ4v) is 3.55. The van der Waals surface area contributed by atoms with Gasteiger partial charge >= 0.3 is 0 Å². The average molecular weight is 314 g/mol. The predicted molar refractivity (Wildman–Crippen MR) is 89.4 cm³/mol. The molecule has 1 N–H and O–H groups in total. The highest BCUT2D eigenvalue weighted by molar-refractivity contribution is 7.13. The molecule has 1 fully saturated rings. The molecular weight excluding hydrogens is 296 g/mol. The van der Waals surface area contributed by atoms with Gasteiger partial charge in [-0.2, -0.15) is 0 Å². The monoisotopic (exact) mass is 314 g/mol. The number of thiazole rings is 1. The van der Waals surface area contributed by atoms with Gasteiger partial charge in [0, 0.05) is 50.5 Å². The van der Waals surface area contributed by atoms with Crippen molar-refractivity contribution in [1.82, 2.24) is 9.88 Å². The highest BCUT2D eigenvalue weighted by Crippen LogP contribution is 2.29. The molecule has 5 nitrogen and oxygen atoms in total. The third kappa shape index (κ3) is 2.80. The molecule has 0 atom stereocenters. The second-order valence-electron chi connectivity index (χ2n) is 5.47. The van der Waals surface area contributed by atoms with Crippen LogP contribution in [0.4, 0.5) is 10.8 Å². The van der Waals surface area contributed by atoms with Gasteiger partial charge in [0.1, 0.15) is 12.0 Å². The lowest BCUT2D eigenvalue weighted by molar-refractivity contribution is 0.250. The molecular formula is C16H18N4OS. The Balaban J connectivity index is 1.37. The summed E-state index contributed by atoms with van der Waals surface area (Å²) >= 11 is 1.72. The van der Waals surface area contributed by atoms with E-state index in [1.807, 2.05) is 23.8 Å². The van der Waals surface area contributed by atoms with E-state index in [2.05, 4.69) is 32.2 Å². The zero-order valence-electron chi connectivity index (χ0n) is 12.2. The van der Waals surface area contributed by atoms with Gasteiger partial charge in [-0.3, -0.25) is 4.90 Å². The van der Waals surface area contributed by atoms with Crippen LogP contribution >= 0.6 is 11.3 Å². The first kappa shape index (κ1) is 13.6. The summed E-state index contributed by atoms with van der Waals surface area (Å²) in [6.45, 7) is 5.20. The van der Waals surface area contributed by atoms with Crippen molar-refractivity contribution in [3.63, 3.8) is 0 Å². The third-order valence-corrected chi connectivity index (χ3v) is 4.85. The second kappa shape index (κ2) is 5.98. The van der Waals surface area contributed by atoms with Crippen LogP contribution in [0.2, 0.25) is 0 Å². The molecule has 0 amide bonds. The van der Waals surface area contributed by atoms with Crippen LogP contribution in [-0.4, -0.2) is 36.1 Å². The van der Waals surface area contributed by atoms with Crippen LogP contribution in [-0.2, 0) is 6.54 Å². The third-order valence-electron chi connectivity index (χ3n) is 4.01. The minimum absolute atomic E-state index is 0.889. The lowest BCUT2D eigenvalue weighted by Crippen LogP contribution is -2.45. The maximum Gasteiger partial charge on any atom is 0.185 e. The fraction of sp³-hybridized carbons (Fsp3) is 0.312. The maximum absolute atomic E-state index is 5.45. The van der Waals surface area contributed by atoms with E-state index in [1.54, 1.807) is 17.6 Å². The molecule has 0 spiro atoms. The molecule has 0 bridgehead atoms. The van der Waals surface area contributed by atoms with Gasteiger partial charge in [-0.25, -0.2) is 4.98 Å². The van der Waals surface area contributed by atoms with Crippen LogP contribution in [0.15, 0.2) is 42.2 Å². The Morgan fingerprint density at radius 3 is 2.95 bits per heavy atom. The number of piperazine rings is 1.